The lowest BCUT2D eigenvalue weighted by atomic mass is 10.2. The van der Waals surface area contributed by atoms with Crippen molar-refractivity contribution < 1.29 is 29.3 Å². The van der Waals surface area contributed by atoms with Crippen molar-refractivity contribution in [3.05, 3.63) is 47.9 Å². The Morgan fingerprint density at radius 3 is 1.50 bits per heavy atom. The summed E-state index contributed by atoms with van der Waals surface area (Å²) in [4.78, 5) is 27.0. The Bertz CT molecular complexity index is 694. The first-order chi connectivity index (χ1) is 14.4. The van der Waals surface area contributed by atoms with E-state index in [2.05, 4.69) is 0 Å². The Morgan fingerprint density at radius 2 is 1.20 bits per heavy atom. The number of aliphatic hydroxyl groups is 2. The van der Waals surface area contributed by atoms with Crippen molar-refractivity contribution in [2.24, 2.45) is 0 Å². The molecule has 30 heavy (non-hydrogen) atoms. The summed E-state index contributed by atoms with van der Waals surface area (Å²) >= 11 is 0. The normalized spacial score (nSPS) is 11.8. The lowest BCUT2D eigenvalue weighted by molar-refractivity contribution is -0.146. The molecule has 0 fully saturated rings. The summed E-state index contributed by atoms with van der Waals surface area (Å²) in [6, 6.07) is 3.41. The molecule has 0 aromatic rings. The molecule has 0 rings (SSSR count). The molecule has 0 aliphatic rings. The Hall–Kier alpha value is -3.60. The number of aliphatic hydroxyl groups excluding tert-OH is 2. The van der Waals surface area contributed by atoms with Gasteiger partial charge in [0.2, 0.25) is 0 Å². The molecular formula is C20H26N4O6. The largest absolute Gasteiger partial charge is 0.458 e. The number of nitriles is 2. The van der Waals surface area contributed by atoms with Crippen LogP contribution in [-0.2, 0) is 19.1 Å². The van der Waals surface area contributed by atoms with Gasteiger partial charge in [0.25, 0.3) is 0 Å². The first-order valence-electron chi connectivity index (χ1n) is 8.93. The highest BCUT2D eigenvalue weighted by Gasteiger charge is 2.12. The second kappa shape index (κ2) is 16.4. The maximum Gasteiger partial charge on any atom is 0.349 e. The number of esters is 2. The third-order valence-electron chi connectivity index (χ3n) is 3.34. The number of allylic oxidation sites excluding steroid dienone is 4. The topological polar surface area (TPSA) is 147 Å². The van der Waals surface area contributed by atoms with Crippen LogP contribution in [-0.4, -0.2) is 85.6 Å². The fourth-order valence-corrected chi connectivity index (χ4v) is 1.76. The zero-order valence-electron chi connectivity index (χ0n) is 17.0. The molecule has 2 N–H and O–H groups in total. The number of rotatable bonds is 13. The van der Waals surface area contributed by atoms with Crippen molar-refractivity contribution in [3.8, 4) is 12.1 Å². The van der Waals surface area contributed by atoms with Crippen molar-refractivity contribution in [3.63, 3.8) is 0 Å². The predicted octanol–water partition coefficient (Wildman–Crippen LogP) is -0.152. The minimum atomic E-state index is -0.881. The van der Waals surface area contributed by atoms with Gasteiger partial charge in [-0.3, -0.25) is 0 Å². The molecule has 0 saturated heterocycles. The highest BCUT2D eigenvalue weighted by molar-refractivity contribution is 5.93. The van der Waals surface area contributed by atoms with Crippen LogP contribution in [0, 0.1) is 22.7 Å². The monoisotopic (exact) mass is 418 g/mol. The second-order valence-electron chi connectivity index (χ2n) is 5.75. The van der Waals surface area contributed by atoms with Crippen molar-refractivity contribution >= 4 is 11.9 Å². The van der Waals surface area contributed by atoms with Crippen LogP contribution in [0.2, 0.25) is 0 Å². The van der Waals surface area contributed by atoms with E-state index in [4.69, 9.17) is 30.2 Å². The van der Waals surface area contributed by atoms with Crippen LogP contribution in [0.5, 0.6) is 0 Å². The summed E-state index contributed by atoms with van der Waals surface area (Å²) in [6.45, 7) is 0.163. The number of likely N-dealkylation sites (N-methyl/N-ethyl adjacent to an activating group) is 2. The molecule has 0 amide bonds. The van der Waals surface area contributed by atoms with E-state index in [-0.39, 0.29) is 37.6 Å². The van der Waals surface area contributed by atoms with Crippen molar-refractivity contribution in [2.75, 3.05) is 53.6 Å². The molecule has 0 saturated carbocycles. The average molecular weight is 418 g/mol. The predicted molar refractivity (Wildman–Crippen MR) is 107 cm³/mol. The summed E-state index contributed by atoms with van der Waals surface area (Å²) in [5.74, 6) is -1.76. The molecule has 10 nitrogen and oxygen atoms in total. The third-order valence-corrected chi connectivity index (χ3v) is 3.34. The highest BCUT2D eigenvalue weighted by Crippen LogP contribution is 2.01. The third kappa shape index (κ3) is 12.0. The van der Waals surface area contributed by atoms with Gasteiger partial charge < -0.3 is 29.5 Å². The van der Waals surface area contributed by atoms with E-state index in [9.17, 15) is 9.59 Å². The SMILES string of the molecule is CN(C=CC=C(C#N)C(=O)OCCOC(=O)C(C#N)=CC=CN(C)CCO)CCO. The molecule has 0 heterocycles. The number of ether oxygens (including phenoxy) is 2. The Kier molecular flexibility index (Phi) is 14.4. The van der Waals surface area contributed by atoms with Gasteiger partial charge >= 0.3 is 11.9 Å². The van der Waals surface area contributed by atoms with Crippen LogP contribution < -0.4 is 0 Å². The van der Waals surface area contributed by atoms with Gasteiger partial charge in [-0.1, -0.05) is 0 Å². The fraction of sp³-hybridized carbons (Fsp3) is 0.400. The minimum absolute atomic E-state index is 0.0316. The molecule has 162 valence electrons. The van der Waals surface area contributed by atoms with Crippen LogP contribution in [0.1, 0.15) is 0 Å². The molecule has 0 unspecified atom stereocenters. The molecule has 0 spiro atoms. The van der Waals surface area contributed by atoms with Crippen LogP contribution in [0.3, 0.4) is 0 Å². The standard InChI is InChI=1S/C20H26N4O6/c1-23(9-11-25)7-3-5-17(15-21)19(27)29-13-14-30-20(28)18(16-22)6-4-8-24(2)10-12-26/h3-8,25-26H,9-14H2,1-2H3. The summed E-state index contributed by atoms with van der Waals surface area (Å²) < 4.78 is 9.72. The van der Waals surface area contributed by atoms with Gasteiger partial charge in [0.15, 0.2) is 0 Å². The van der Waals surface area contributed by atoms with E-state index in [1.165, 1.54) is 24.3 Å². The van der Waals surface area contributed by atoms with Gasteiger partial charge in [0.05, 0.1) is 13.2 Å². The van der Waals surface area contributed by atoms with Crippen molar-refractivity contribution in [1.29, 1.82) is 10.5 Å². The zero-order valence-corrected chi connectivity index (χ0v) is 17.0. The summed E-state index contributed by atoms with van der Waals surface area (Å²) in [5, 5.41) is 35.6. The summed E-state index contributed by atoms with van der Waals surface area (Å²) in [7, 11) is 3.43. The number of hydrogen-bond acceptors (Lipinski definition) is 10. The van der Waals surface area contributed by atoms with Crippen LogP contribution in [0.15, 0.2) is 47.9 Å². The van der Waals surface area contributed by atoms with Crippen LogP contribution in [0.25, 0.3) is 0 Å². The fourth-order valence-electron chi connectivity index (χ4n) is 1.76. The molecular weight excluding hydrogens is 392 g/mol. The average Bonchev–Trinajstić information content (AvgIpc) is 2.71. The summed E-state index contributed by atoms with van der Waals surface area (Å²) in [5.41, 5.74) is -0.491. The maximum absolute atomic E-state index is 11.8. The minimum Gasteiger partial charge on any atom is -0.458 e. The van der Waals surface area contributed by atoms with E-state index in [1.807, 2.05) is 0 Å². The Balaban J connectivity index is 4.53. The van der Waals surface area contributed by atoms with E-state index < -0.39 is 11.9 Å². The number of carbonyl (C=O) groups is 2. The van der Waals surface area contributed by atoms with E-state index in [1.54, 1.807) is 48.4 Å². The summed E-state index contributed by atoms with van der Waals surface area (Å²) in [6.07, 6.45) is 8.61. The smallest absolute Gasteiger partial charge is 0.349 e. The van der Waals surface area contributed by atoms with E-state index in [0.29, 0.717) is 13.1 Å². The quantitative estimate of drug-likeness (QED) is 0.136. The number of nitrogens with zero attached hydrogens (tertiary/aromatic N) is 4. The van der Waals surface area contributed by atoms with Gasteiger partial charge in [-0.25, -0.2) is 9.59 Å². The van der Waals surface area contributed by atoms with Gasteiger partial charge in [-0.2, -0.15) is 10.5 Å². The Labute approximate surface area is 175 Å². The maximum atomic E-state index is 11.8. The molecule has 0 radical (unpaired) electrons. The van der Waals surface area contributed by atoms with Crippen LogP contribution in [0.4, 0.5) is 0 Å². The van der Waals surface area contributed by atoms with Crippen LogP contribution >= 0.6 is 0 Å². The number of carbonyl (C=O) groups excluding carboxylic acids is 2. The molecule has 0 bridgehead atoms. The zero-order chi connectivity index (χ0) is 22.8. The van der Waals surface area contributed by atoms with Gasteiger partial charge in [0.1, 0.15) is 36.5 Å². The first kappa shape index (κ1) is 26.4. The Morgan fingerprint density at radius 1 is 0.833 bits per heavy atom. The molecule has 10 heteroatoms. The second-order valence-corrected chi connectivity index (χ2v) is 5.75. The van der Waals surface area contributed by atoms with E-state index in [0.717, 1.165) is 0 Å². The molecule has 0 aromatic heterocycles. The van der Waals surface area contributed by atoms with Gasteiger partial charge in [-0.05, 0) is 36.7 Å². The molecule has 0 aliphatic carbocycles. The molecule has 0 aliphatic heterocycles. The number of hydrogen-bond donors (Lipinski definition) is 2. The highest BCUT2D eigenvalue weighted by atomic mass is 16.6. The van der Waals surface area contributed by atoms with Crippen molar-refractivity contribution in [2.45, 2.75) is 0 Å². The lowest BCUT2D eigenvalue weighted by Crippen LogP contribution is -2.16. The first-order valence-corrected chi connectivity index (χ1v) is 8.93. The lowest BCUT2D eigenvalue weighted by Gasteiger charge is -2.10. The van der Waals surface area contributed by atoms with Gasteiger partial charge in [-0.15, -0.1) is 0 Å². The van der Waals surface area contributed by atoms with E-state index >= 15 is 0 Å². The van der Waals surface area contributed by atoms with Crippen molar-refractivity contribution in [1.82, 2.24) is 9.80 Å². The molecule has 0 aromatic carbocycles. The van der Waals surface area contributed by atoms with Gasteiger partial charge in [0, 0.05) is 27.2 Å². The molecule has 0 atom stereocenters.